The van der Waals surface area contributed by atoms with E-state index in [1.165, 1.54) is 30.7 Å². The highest BCUT2D eigenvalue weighted by molar-refractivity contribution is 8.15. The number of nitrogens with one attached hydrogen (secondary N) is 1. The van der Waals surface area contributed by atoms with Crippen LogP contribution in [0.25, 0.3) is 0 Å². The Hall–Kier alpha value is -0.590. The zero-order valence-corrected chi connectivity index (χ0v) is 13.7. The molecule has 2 rings (SSSR count). The number of halogens is 1. The van der Waals surface area contributed by atoms with E-state index in [0.29, 0.717) is 23.9 Å². The number of carbonyl (C=O) groups is 1. The largest absolute Gasteiger partial charge is 0.352 e. The van der Waals surface area contributed by atoms with Crippen LogP contribution in [-0.2, 0) is 9.05 Å². The summed E-state index contributed by atoms with van der Waals surface area (Å²) in [5.74, 6) is 0.915. The number of rotatable bonds is 4. The Labute approximate surface area is 127 Å². The minimum absolute atomic E-state index is 0.00958. The molecular formula is C13H18ClNO3S2. The van der Waals surface area contributed by atoms with Crippen molar-refractivity contribution in [2.45, 2.75) is 36.8 Å². The van der Waals surface area contributed by atoms with Gasteiger partial charge in [-0.2, -0.15) is 0 Å². The Bertz CT molecular complexity index is 582. The molecule has 2 unspecified atom stereocenters. The normalized spacial score (nSPS) is 23.5. The number of hydrogen-bond acceptors (Lipinski definition) is 4. The first-order chi connectivity index (χ1) is 9.38. The van der Waals surface area contributed by atoms with E-state index in [2.05, 4.69) is 12.2 Å². The summed E-state index contributed by atoms with van der Waals surface area (Å²) in [4.78, 5) is 12.0. The van der Waals surface area contributed by atoms with Crippen LogP contribution in [-0.4, -0.2) is 20.9 Å². The molecule has 20 heavy (non-hydrogen) atoms. The summed E-state index contributed by atoms with van der Waals surface area (Å²) in [6.45, 7) is 2.87. The zero-order valence-electron chi connectivity index (χ0n) is 11.3. The van der Waals surface area contributed by atoms with Crippen LogP contribution in [0.4, 0.5) is 0 Å². The summed E-state index contributed by atoms with van der Waals surface area (Å²) in [7, 11) is 1.50. The molecule has 1 heterocycles. The van der Waals surface area contributed by atoms with Crippen molar-refractivity contribution in [3.63, 3.8) is 0 Å². The van der Waals surface area contributed by atoms with E-state index in [1.807, 2.05) is 0 Å². The fraction of sp³-hybridized carbons (Fsp3) is 0.615. The summed E-state index contributed by atoms with van der Waals surface area (Å²) >= 11 is 0.966. The maximum Gasteiger partial charge on any atom is 0.270 e. The second-order valence-electron chi connectivity index (χ2n) is 5.32. The van der Waals surface area contributed by atoms with Crippen LogP contribution in [0.15, 0.2) is 15.7 Å². The van der Waals surface area contributed by atoms with Crippen LogP contribution in [0.3, 0.4) is 0 Å². The molecule has 1 aromatic heterocycles. The third-order valence-corrected chi connectivity index (χ3v) is 6.93. The van der Waals surface area contributed by atoms with E-state index in [1.54, 1.807) is 0 Å². The van der Waals surface area contributed by atoms with Gasteiger partial charge >= 0.3 is 0 Å². The molecule has 1 N–H and O–H groups in total. The van der Waals surface area contributed by atoms with E-state index < -0.39 is 9.05 Å². The molecule has 0 spiro atoms. The molecule has 112 valence electrons. The van der Waals surface area contributed by atoms with Gasteiger partial charge in [0.1, 0.15) is 4.21 Å². The summed E-state index contributed by atoms with van der Waals surface area (Å²) in [5.41, 5.74) is 0.359. The van der Waals surface area contributed by atoms with Crippen LogP contribution in [0, 0.1) is 11.8 Å². The van der Waals surface area contributed by atoms with E-state index >= 15 is 0 Å². The predicted octanol–water partition coefficient (Wildman–Crippen LogP) is 3.23. The molecule has 1 amide bonds. The number of amides is 1. The van der Waals surface area contributed by atoms with Gasteiger partial charge in [0.2, 0.25) is 0 Å². The standard InChI is InChI=1S/C13H18ClNO3S2/c1-9-4-2-3-5-10(9)7-15-13(16)11-6-12(19-8-11)20(14,17)18/h6,8-10H,2-5,7H2,1H3,(H,15,16). The van der Waals surface area contributed by atoms with E-state index in [-0.39, 0.29) is 10.1 Å². The molecule has 1 aliphatic rings. The monoisotopic (exact) mass is 335 g/mol. The molecule has 1 saturated carbocycles. The SMILES string of the molecule is CC1CCCCC1CNC(=O)c1csc(S(=O)(=O)Cl)c1. The van der Waals surface area contributed by atoms with Crippen LogP contribution in [0.2, 0.25) is 0 Å². The van der Waals surface area contributed by atoms with Crippen molar-refractivity contribution in [2.75, 3.05) is 6.54 Å². The lowest BCUT2D eigenvalue weighted by Crippen LogP contribution is -2.33. The first kappa shape index (κ1) is 15.8. The molecule has 1 fully saturated rings. The third kappa shape index (κ3) is 3.96. The Kier molecular flexibility index (Phi) is 5.09. The van der Waals surface area contributed by atoms with Gasteiger partial charge in [0.15, 0.2) is 0 Å². The topological polar surface area (TPSA) is 63.2 Å². The Morgan fingerprint density at radius 1 is 1.45 bits per heavy atom. The van der Waals surface area contributed by atoms with Gasteiger partial charge in [0.05, 0.1) is 5.56 Å². The zero-order chi connectivity index (χ0) is 14.8. The van der Waals surface area contributed by atoms with Crippen molar-refractivity contribution in [3.8, 4) is 0 Å². The Morgan fingerprint density at radius 3 is 2.75 bits per heavy atom. The minimum atomic E-state index is -3.75. The van der Waals surface area contributed by atoms with Gasteiger partial charge in [-0.3, -0.25) is 4.79 Å². The average Bonchev–Trinajstić information content (AvgIpc) is 2.87. The summed E-state index contributed by atoms with van der Waals surface area (Å²) in [5, 5.41) is 4.42. The van der Waals surface area contributed by atoms with E-state index in [9.17, 15) is 13.2 Å². The van der Waals surface area contributed by atoms with Gasteiger partial charge in [-0.05, 0) is 24.3 Å². The molecule has 7 heteroatoms. The molecule has 0 aliphatic heterocycles. The summed E-state index contributed by atoms with van der Waals surface area (Å²) in [6, 6.07) is 1.33. The first-order valence-corrected chi connectivity index (χ1v) is 9.88. The molecule has 1 aromatic rings. The first-order valence-electron chi connectivity index (χ1n) is 6.69. The van der Waals surface area contributed by atoms with Crippen molar-refractivity contribution in [1.29, 1.82) is 0 Å². The lowest BCUT2D eigenvalue weighted by atomic mass is 9.80. The lowest BCUT2D eigenvalue weighted by Gasteiger charge is -2.28. The minimum Gasteiger partial charge on any atom is -0.352 e. The van der Waals surface area contributed by atoms with Crippen molar-refractivity contribution >= 4 is 37.0 Å². The molecular weight excluding hydrogens is 318 g/mol. The van der Waals surface area contributed by atoms with Gasteiger partial charge in [-0.1, -0.05) is 26.2 Å². The van der Waals surface area contributed by atoms with Crippen LogP contribution in [0.5, 0.6) is 0 Å². The van der Waals surface area contributed by atoms with Gasteiger partial charge in [0, 0.05) is 22.6 Å². The third-order valence-electron chi connectivity index (χ3n) is 3.89. The number of thiophene rings is 1. The van der Waals surface area contributed by atoms with Gasteiger partial charge in [-0.15, -0.1) is 11.3 Å². The second kappa shape index (κ2) is 6.45. The van der Waals surface area contributed by atoms with Crippen LogP contribution < -0.4 is 5.32 Å². The molecule has 0 saturated heterocycles. The molecule has 4 nitrogen and oxygen atoms in total. The van der Waals surface area contributed by atoms with Crippen molar-refractivity contribution in [2.24, 2.45) is 11.8 Å². The van der Waals surface area contributed by atoms with E-state index in [4.69, 9.17) is 10.7 Å². The predicted molar refractivity (Wildman–Crippen MR) is 80.8 cm³/mol. The summed E-state index contributed by atoms with van der Waals surface area (Å²) < 4.78 is 22.3. The number of hydrogen-bond donors (Lipinski definition) is 1. The number of carbonyl (C=O) groups excluding carboxylic acids is 1. The van der Waals surface area contributed by atoms with E-state index in [0.717, 1.165) is 17.8 Å². The molecule has 1 aliphatic carbocycles. The quantitative estimate of drug-likeness (QED) is 0.859. The average molecular weight is 336 g/mol. The van der Waals surface area contributed by atoms with Gasteiger partial charge < -0.3 is 5.32 Å². The second-order valence-corrected chi connectivity index (χ2v) is 9.03. The molecule has 0 aromatic carbocycles. The highest BCUT2D eigenvalue weighted by Crippen LogP contribution is 2.29. The van der Waals surface area contributed by atoms with Crippen LogP contribution >= 0.6 is 22.0 Å². The van der Waals surface area contributed by atoms with Crippen molar-refractivity contribution < 1.29 is 13.2 Å². The van der Waals surface area contributed by atoms with Gasteiger partial charge in [-0.25, -0.2) is 8.42 Å². The highest BCUT2D eigenvalue weighted by Gasteiger charge is 2.22. The Balaban J connectivity index is 1.93. The van der Waals surface area contributed by atoms with Gasteiger partial charge in [0.25, 0.3) is 15.0 Å². The Morgan fingerprint density at radius 2 is 2.15 bits per heavy atom. The van der Waals surface area contributed by atoms with Crippen molar-refractivity contribution in [1.82, 2.24) is 5.32 Å². The molecule has 0 bridgehead atoms. The smallest absolute Gasteiger partial charge is 0.270 e. The highest BCUT2D eigenvalue weighted by atomic mass is 35.7. The van der Waals surface area contributed by atoms with Crippen molar-refractivity contribution in [3.05, 3.63) is 17.0 Å². The summed E-state index contributed by atoms with van der Waals surface area (Å²) in [6.07, 6.45) is 4.85. The maximum absolute atomic E-state index is 12.0. The maximum atomic E-state index is 12.0. The fourth-order valence-corrected chi connectivity index (χ4v) is 4.53. The lowest BCUT2D eigenvalue weighted by molar-refractivity contribution is 0.0937. The molecule has 0 radical (unpaired) electrons. The van der Waals surface area contributed by atoms with Crippen LogP contribution in [0.1, 0.15) is 43.0 Å². The fourth-order valence-electron chi connectivity index (χ4n) is 2.59. The molecule has 2 atom stereocenters.